The molecule has 1 aromatic carbocycles. The number of carbonyl (C=O) groups excluding carboxylic acids is 2. The minimum Gasteiger partial charge on any atom is -0.443 e. The first-order valence-corrected chi connectivity index (χ1v) is 6.49. The summed E-state index contributed by atoms with van der Waals surface area (Å²) in [6.07, 6.45) is 4.53. The van der Waals surface area contributed by atoms with E-state index in [0.29, 0.717) is 0 Å². The van der Waals surface area contributed by atoms with Gasteiger partial charge in [0.2, 0.25) is 5.91 Å². The molecule has 0 atom stereocenters. The highest BCUT2D eigenvalue weighted by atomic mass is 19.1. The molecule has 0 aliphatic heterocycles. The first-order valence-electron chi connectivity index (χ1n) is 6.49. The van der Waals surface area contributed by atoms with E-state index in [1.165, 1.54) is 24.3 Å². The fourth-order valence-electron chi connectivity index (χ4n) is 1.54. The maximum atomic E-state index is 13.0. The second kappa shape index (κ2) is 6.89. The first kappa shape index (κ1) is 16.7. The summed E-state index contributed by atoms with van der Waals surface area (Å²) in [6, 6.07) is 5.02. The van der Waals surface area contributed by atoms with E-state index in [-0.39, 0.29) is 18.5 Å². The van der Waals surface area contributed by atoms with Crippen LogP contribution in [0.15, 0.2) is 24.3 Å². The second-order valence-electron chi connectivity index (χ2n) is 5.39. The highest BCUT2D eigenvalue weighted by molar-refractivity contribution is 6.12. The fraction of sp³-hybridized carbons (Fsp3) is 0.375. The standard InChI is InChI=1S/C16H18FNO3/c1-5-6-7-14(19)18(15(20)21-16(2,3)4)13-10-8-12(17)9-11-13/h1,8-11H,6-7H2,2-4H3. The van der Waals surface area contributed by atoms with E-state index in [2.05, 4.69) is 5.92 Å². The molecular weight excluding hydrogens is 273 g/mol. The molecule has 112 valence electrons. The van der Waals surface area contributed by atoms with Crippen molar-refractivity contribution in [1.29, 1.82) is 0 Å². The van der Waals surface area contributed by atoms with Gasteiger partial charge in [-0.1, -0.05) is 0 Å². The van der Waals surface area contributed by atoms with Crippen molar-refractivity contribution in [1.82, 2.24) is 0 Å². The minimum absolute atomic E-state index is 0.00706. The van der Waals surface area contributed by atoms with Gasteiger partial charge in [-0.05, 0) is 45.0 Å². The Morgan fingerprint density at radius 1 is 1.29 bits per heavy atom. The number of terminal acetylenes is 1. The lowest BCUT2D eigenvalue weighted by molar-refractivity contribution is -0.118. The molecule has 0 saturated heterocycles. The molecule has 0 aliphatic rings. The van der Waals surface area contributed by atoms with Crippen LogP contribution in [0.25, 0.3) is 0 Å². The summed E-state index contributed by atoms with van der Waals surface area (Å²) in [4.78, 5) is 25.2. The van der Waals surface area contributed by atoms with Gasteiger partial charge in [0.05, 0.1) is 5.69 Å². The van der Waals surface area contributed by atoms with E-state index in [4.69, 9.17) is 11.2 Å². The van der Waals surface area contributed by atoms with Crippen LogP contribution in [0.1, 0.15) is 33.6 Å². The van der Waals surface area contributed by atoms with Crippen LogP contribution in [0.2, 0.25) is 0 Å². The SMILES string of the molecule is C#CCCC(=O)N(C(=O)OC(C)(C)C)c1ccc(F)cc1. The zero-order valence-electron chi connectivity index (χ0n) is 12.4. The molecule has 21 heavy (non-hydrogen) atoms. The largest absolute Gasteiger partial charge is 0.443 e. The molecular formula is C16H18FNO3. The number of ether oxygens (including phenoxy) is 1. The predicted octanol–water partition coefficient (Wildman–Crippen LogP) is 3.51. The van der Waals surface area contributed by atoms with Gasteiger partial charge in [0.25, 0.3) is 0 Å². The number of hydrogen-bond acceptors (Lipinski definition) is 3. The van der Waals surface area contributed by atoms with Crippen LogP contribution in [0.4, 0.5) is 14.9 Å². The van der Waals surface area contributed by atoms with E-state index in [9.17, 15) is 14.0 Å². The number of amides is 2. The lowest BCUT2D eigenvalue weighted by Crippen LogP contribution is -2.41. The topological polar surface area (TPSA) is 46.6 Å². The van der Waals surface area contributed by atoms with Gasteiger partial charge in [0.15, 0.2) is 0 Å². The molecule has 0 fully saturated rings. The normalized spacial score (nSPS) is 10.6. The molecule has 0 spiro atoms. The van der Waals surface area contributed by atoms with Gasteiger partial charge in [-0.3, -0.25) is 4.79 Å². The molecule has 0 heterocycles. The van der Waals surface area contributed by atoms with Crippen molar-refractivity contribution in [3.63, 3.8) is 0 Å². The number of anilines is 1. The maximum absolute atomic E-state index is 13.0. The summed E-state index contributed by atoms with van der Waals surface area (Å²) in [6.45, 7) is 5.08. The summed E-state index contributed by atoms with van der Waals surface area (Å²) in [7, 11) is 0. The van der Waals surface area contributed by atoms with E-state index < -0.39 is 23.4 Å². The molecule has 5 heteroatoms. The van der Waals surface area contributed by atoms with Crippen LogP contribution < -0.4 is 4.90 Å². The number of carbonyl (C=O) groups is 2. The van der Waals surface area contributed by atoms with E-state index in [1.54, 1.807) is 20.8 Å². The van der Waals surface area contributed by atoms with Gasteiger partial charge in [-0.25, -0.2) is 14.1 Å². The predicted molar refractivity (Wildman–Crippen MR) is 78.2 cm³/mol. The van der Waals surface area contributed by atoms with Crippen molar-refractivity contribution in [3.8, 4) is 12.3 Å². The summed E-state index contributed by atoms with van der Waals surface area (Å²) >= 11 is 0. The second-order valence-corrected chi connectivity index (χ2v) is 5.39. The Labute approximate surface area is 123 Å². The van der Waals surface area contributed by atoms with Gasteiger partial charge < -0.3 is 4.74 Å². The molecule has 4 nitrogen and oxygen atoms in total. The molecule has 0 unspecified atom stereocenters. The highest BCUT2D eigenvalue weighted by Crippen LogP contribution is 2.20. The Hall–Kier alpha value is -2.35. The molecule has 0 bridgehead atoms. The average molecular weight is 291 g/mol. The Kier molecular flexibility index (Phi) is 5.48. The summed E-state index contributed by atoms with van der Waals surface area (Å²) in [5.41, 5.74) is -0.505. The van der Waals surface area contributed by atoms with Crippen LogP contribution in [-0.2, 0) is 9.53 Å². The third kappa shape index (κ3) is 5.27. The third-order valence-electron chi connectivity index (χ3n) is 2.39. The molecule has 0 saturated carbocycles. The lowest BCUT2D eigenvalue weighted by atomic mass is 10.2. The summed E-state index contributed by atoms with van der Waals surface area (Å²) < 4.78 is 18.2. The molecule has 0 N–H and O–H groups in total. The molecule has 0 radical (unpaired) electrons. The van der Waals surface area contributed by atoms with Crippen LogP contribution in [0.3, 0.4) is 0 Å². The van der Waals surface area contributed by atoms with E-state index in [0.717, 1.165) is 4.90 Å². The van der Waals surface area contributed by atoms with Crippen molar-refractivity contribution in [3.05, 3.63) is 30.1 Å². The van der Waals surface area contributed by atoms with Crippen LogP contribution in [-0.4, -0.2) is 17.6 Å². The number of halogens is 1. The van der Waals surface area contributed by atoms with E-state index in [1.807, 2.05) is 0 Å². The summed E-state index contributed by atoms with van der Waals surface area (Å²) in [5, 5.41) is 0. The number of imide groups is 1. The maximum Gasteiger partial charge on any atom is 0.421 e. The third-order valence-corrected chi connectivity index (χ3v) is 2.39. The van der Waals surface area contributed by atoms with Gasteiger partial charge in [-0.2, -0.15) is 0 Å². The molecule has 0 aromatic heterocycles. The smallest absolute Gasteiger partial charge is 0.421 e. The van der Waals surface area contributed by atoms with Crippen LogP contribution in [0, 0.1) is 18.2 Å². The number of rotatable bonds is 3. The van der Waals surface area contributed by atoms with Crippen LogP contribution >= 0.6 is 0 Å². The van der Waals surface area contributed by atoms with Crippen molar-refractivity contribution in [2.75, 3.05) is 4.90 Å². The first-order chi connectivity index (χ1) is 9.74. The van der Waals surface area contributed by atoms with Crippen molar-refractivity contribution < 1.29 is 18.7 Å². The van der Waals surface area contributed by atoms with Gasteiger partial charge in [0, 0.05) is 12.8 Å². The van der Waals surface area contributed by atoms with Gasteiger partial charge in [0.1, 0.15) is 11.4 Å². The Balaban J connectivity index is 3.05. The Bertz CT molecular complexity index is 552. The molecule has 1 aromatic rings. The van der Waals surface area contributed by atoms with Gasteiger partial charge >= 0.3 is 6.09 Å². The number of nitrogens with zero attached hydrogens (tertiary/aromatic N) is 1. The van der Waals surface area contributed by atoms with E-state index >= 15 is 0 Å². The van der Waals surface area contributed by atoms with Crippen LogP contribution in [0.5, 0.6) is 0 Å². The zero-order valence-corrected chi connectivity index (χ0v) is 12.4. The van der Waals surface area contributed by atoms with Gasteiger partial charge in [-0.15, -0.1) is 12.3 Å². The Morgan fingerprint density at radius 2 is 1.86 bits per heavy atom. The number of hydrogen-bond donors (Lipinski definition) is 0. The zero-order chi connectivity index (χ0) is 16.0. The number of benzene rings is 1. The minimum atomic E-state index is -0.809. The van der Waals surface area contributed by atoms with Crippen molar-refractivity contribution in [2.45, 2.75) is 39.2 Å². The highest BCUT2D eigenvalue weighted by Gasteiger charge is 2.28. The average Bonchev–Trinajstić information content (AvgIpc) is 2.37. The lowest BCUT2D eigenvalue weighted by Gasteiger charge is -2.26. The quantitative estimate of drug-likeness (QED) is 0.801. The molecule has 0 aliphatic carbocycles. The monoisotopic (exact) mass is 291 g/mol. The fourth-order valence-corrected chi connectivity index (χ4v) is 1.54. The van der Waals surface area contributed by atoms with Crippen molar-refractivity contribution in [2.24, 2.45) is 0 Å². The molecule has 1 rings (SSSR count). The summed E-state index contributed by atoms with van der Waals surface area (Å²) in [5.74, 6) is 1.39. The molecule has 2 amide bonds. The van der Waals surface area contributed by atoms with Crippen molar-refractivity contribution >= 4 is 17.7 Å². The Morgan fingerprint density at radius 3 is 2.33 bits per heavy atom.